The van der Waals surface area contributed by atoms with Gasteiger partial charge >= 0.3 is 0 Å². The topological polar surface area (TPSA) is 82.5 Å². The lowest BCUT2D eigenvalue weighted by atomic mass is 10.1. The minimum atomic E-state index is -0.898. The summed E-state index contributed by atoms with van der Waals surface area (Å²) in [6, 6.07) is 8.65. The number of hydrogen-bond donors (Lipinski definition) is 1. The van der Waals surface area contributed by atoms with Gasteiger partial charge in [-0.2, -0.15) is 5.10 Å². The molecule has 3 aromatic rings. The van der Waals surface area contributed by atoms with Gasteiger partial charge in [0.25, 0.3) is 5.56 Å². The second-order valence-corrected chi connectivity index (χ2v) is 6.10. The predicted molar refractivity (Wildman–Crippen MR) is 107 cm³/mol. The van der Waals surface area contributed by atoms with Crippen molar-refractivity contribution in [1.29, 1.82) is 0 Å². The zero-order valence-corrected chi connectivity index (χ0v) is 16.1. The summed E-state index contributed by atoms with van der Waals surface area (Å²) in [4.78, 5) is 23.6. The maximum atomic E-state index is 14.1. The van der Waals surface area contributed by atoms with Crippen LogP contribution in [0.25, 0.3) is 11.3 Å². The van der Waals surface area contributed by atoms with Gasteiger partial charge in [0.2, 0.25) is 5.91 Å². The fourth-order valence-corrected chi connectivity index (χ4v) is 2.62. The van der Waals surface area contributed by atoms with Gasteiger partial charge in [-0.25, -0.2) is 13.5 Å². The van der Waals surface area contributed by atoms with Crippen LogP contribution in [0.4, 0.5) is 14.5 Å². The van der Waals surface area contributed by atoms with Crippen molar-refractivity contribution in [3.05, 3.63) is 77.1 Å². The molecule has 0 atom stereocenters. The summed E-state index contributed by atoms with van der Waals surface area (Å²) in [6.45, 7) is 3.40. The van der Waals surface area contributed by atoms with Crippen LogP contribution >= 0.6 is 0 Å². The molecule has 0 saturated carbocycles. The molecule has 2 aromatic carbocycles. The molecule has 0 bridgehead atoms. The van der Waals surface area contributed by atoms with Gasteiger partial charge in [-0.3, -0.25) is 9.59 Å². The molecule has 9 heteroatoms. The number of hydrogen-bond acceptors (Lipinski definition) is 5. The Hall–Kier alpha value is -4.01. The SMILES string of the molecule is C=CC(=O)Nc1ccc(Oc2ccc(F)cc2F)c(-c2nn(C)c(=O)cc2OC)c1. The van der Waals surface area contributed by atoms with Crippen molar-refractivity contribution in [2.24, 2.45) is 7.05 Å². The lowest BCUT2D eigenvalue weighted by Crippen LogP contribution is -2.19. The first-order valence-electron chi connectivity index (χ1n) is 8.65. The fraction of sp³-hybridized carbons (Fsp3) is 0.0952. The molecule has 30 heavy (non-hydrogen) atoms. The number of benzene rings is 2. The van der Waals surface area contributed by atoms with Crippen LogP contribution in [-0.4, -0.2) is 22.8 Å². The number of carbonyl (C=O) groups excluding carboxylic acids is 1. The van der Waals surface area contributed by atoms with E-state index in [1.165, 1.54) is 38.4 Å². The molecule has 7 nitrogen and oxygen atoms in total. The van der Waals surface area contributed by atoms with Crippen LogP contribution in [0.15, 0.2) is 59.9 Å². The van der Waals surface area contributed by atoms with Gasteiger partial charge in [0.05, 0.1) is 12.7 Å². The fourth-order valence-electron chi connectivity index (χ4n) is 2.62. The zero-order valence-electron chi connectivity index (χ0n) is 16.1. The Morgan fingerprint density at radius 1 is 1.13 bits per heavy atom. The summed E-state index contributed by atoms with van der Waals surface area (Å²) >= 11 is 0. The summed E-state index contributed by atoms with van der Waals surface area (Å²) < 4.78 is 39.3. The number of nitrogens with zero attached hydrogens (tertiary/aromatic N) is 2. The molecule has 1 aromatic heterocycles. The number of carbonyl (C=O) groups is 1. The molecule has 1 N–H and O–H groups in total. The molecule has 0 radical (unpaired) electrons. The Morgan fingerprint density at radius 3 is 2.53 bits per heavy atom. The number of anilines is 1. The molecule has 0 unspecified atom stereocenters. The van der Waals surface area contributed by atoms with E-state index >= 15 is 0 Å². The number of methoxy groups -OCH3 is 1. The molecule has 154 valence electrons. The van der Waals surface area contributed by atoms with Crippen LogP contribution in [0.2, 0.25) is 0 Å². The van der Waals surface area contributed by atoms with E-state index in [9.17, 15) is 18.4 Å². The van der Waals surface area contributed by atoms with Crippen LogP contribution in [0.5, 0.6) is 17.2 Å². The van der Waals surface area contributed by atoms with Crippen molar-refractivity contribution >= 4 is 11.6 Å². The van der Waals surface area contributed by atoms with E-state index in [-0.39, 0.29) is 22.9 Å². The van der Waals surface area contributed by atoms with E-state index in [0.29, 0.717) is 17.3 Å². The van der Waals surface area contributed by atoms with Gasteiger partial charge in [0.15, 0.2) is 17.3 Å². The number of ether oxygens (including phenoxy) is 2. The molecule has 1 heterocycles. The summed E-state index contributed by atoms with van der Waals surface area (Å²) in [6.07, 6.45) is 1.10. The first-order chi connectivity index (χ1) is 14.3. The van der Waals surface area contributed by atoms with Crippen molar-refractivity contribution < 1.29 is 23.0 Å². The third-order valence-corrected chi connectivity index (χ3v) is 4.08. The Kier molecular flexibility index (Phi) is 5.91. The van der Waals surface area contributed by atoms with Gasteiger partial charge < -0.3 is 14.8 Å². The maximum absolute atomic E-state index is 14.1. The third-order valence-electron chi connectivity index (χ3n) is 4.08. The Bertz CT molecular complexity index is 1190. The molecule has 0 aliphatic carbocycles. The monoisotopic (exact) mass is 413 g/mol. The second kappa shape index (κ2) is 8.56. The minimum Gasteiger partial charge on any atom is -0.494 e. The Balaban J connectivity index is 2.18. The molecule has 3 rings (SSSR count). The van der Waals surface area contributed by atoms with E-state index < -0.39 is 23.1 Å². The van der Waals surface area contributed by atoms with E-state index in [0.717, 1.165) is 22.9 Å². The molecule has 0 saturated heterocycles. The van der Waals surface area contributed by atoms with E-state index in [1.807, 2.05) is 0 Å². The van der Waals surface area contributed by atoms with Gasteiger partial charge in [-0.1, -0.05) is 6.58 Å². The van der Waals surface area contributed by atoms with Crippen molar-refractivity contribution in [2.45, 2.75) is 0 Å². The Morgan fingerprint density at radius 2 is 1.87 bits per heavy atom. The molecular weight excluding hydrogens is 396 g/mol. The highest BCUT2D eigenvalue weighted by Gasteiger charge is 2.18. The number of aromatic nitrogens is 2. The van der Waals surface area contributed by atoms with Gasteiger partial charge in [0, 0.05) is 24.9 Å². The van der Waals surface area contributed by atoms with Crippen molar-refractivity contribution in [1.82, 2.24) is 9.78 Å². The standard InChI is InChI=1S/C21H17F2N3O4/c1-4-19(27)24-13-6-8-16(30-17-7-5-12(22)9-15(17)23)14(10-13)21-18(29-3)11-20(28)26(2)25-21/h4-11H,1H2,2-3H3,(H,24,27). The number of aryl methyl sites for hydroxylation is 1. The number of rotatable bonds is 6. The number of halogens is 2. The average molecular weight is 413 g/mol. The highest BCUT2D eigenvalue weighted by atomic mass is 19.1. The average Bonchev–Trinajstić information content (AvgIpc) is 2.72. The lowest BCUT2D eigenvalue weighted by molar-refractivity contribution is -0.111. The number of nitrogens with one attached hydrogen (secondary N) is 1. The first kappa shape index (κ1) is 20.7. The quantitative estimate of drug-likeness (QED) is 0.624. The van der Waals surface area contributed by atoms with E-state index in [2.05, 4.69) is 17.0 Å². The smallest absolute Gasteiger partial charge is 0.270 e. The normalized spacial score (nSPS) is 10.4. The summed E-state index contributed by atoms with van der Waals surface area (Å²) in [7, 11) is 2.82. The lowest BCUT2D eigenvalue weighted by Gasteiger charge is -2.15. The van der Waals surface area contributed by atoms with Crippen molar-refractivity contribution in [3.8, 4) is 28.5 Å². The third kappa shape index (κ3) is 4.35. The van der Waals surface area contributed by atoms with Crippen LogP contribution in [0.1, 0.15) is 0 Å². The van der Waals surface area contributed by atoms with Gasteiger partial charge in [0.1, 0.15) is 17.3 Å². The molecular formula is C21H17F2N3O4. The molecule has 0 aliphatic rings. The summed E-state index contributed by atoms with van der Waals surface area (Å²) in [5.41, 5.74) is 0.484. The van der Waals surface area contributed by atoms with Crippen molar-refractivity contribution in [3.63, 3.8) is 0 Å². The molecule has 0 aliphatic heterocycles. The second-order valence-electron chi connectivity index (χ2n) is 6.10. The van der Waals surface area contributed by atoms with Crippen LogP contribution in [0, 0.1) is 11.6 Å². The highest BCUT2D eigenvalue weighted by molar-refractivity contribution is 5.99. The first-order valence-corrected chi connectivity index (χ1v) is 8.65. The molecule has 0 spiro atoms. The maximum Gasteiger partial charge on any atom is 0.270 e. The summed E-state index contributed by atoms with van der Waals surface area (Å²) in [5, 5.41) is 6.81. The van der Waals surface area contributed by atoms with Crippen LogP contribution in [-0.2, 0) is 11.8 Å². The zero-order chi connectivity index (χ0) is 21.8. The summed E-state index contributed by atoms with van der Waals surface area (Å²) in [5.74, 6) is -2.02. The Labute approximate surface area is 170 Å². The highest BCUT2D eigenvalue weighted by Crippen LogP contribution is 2.38. The number of amides is 1. The largest absolute Gasteiger partial charge is 0.494 e. The van der Waals surface area contributed by atoms with E-state index in [1.54, 1.807) is 0 Å². The van der Waals surface area contributed by atoms with Crippen LogP contribution in [0.3, 0.4) is 0 Å². The van der Waals surface area contributed by atoms with Crippen LogP contribution < -0.4 is 20.3 Å². The minimum absolute atomic E-state index is 0.140. The molecule has 1 amide bonds. The van der Waals surface area contributed by atoms with E-state index in [4.69, 9.17) is 9.47 Å². The molecule has 0 fully saturated rings. The predicted octanol–water partition coefficient (Wildman–Crippen LogP) is 3.65. The van der Waals surface area contributed by atoms with Crippen molar-refractivity contribution in [2.75, 3.05) is 12.4 Å². The van der Waals surface area contributed by atoms with Gasteiger partial charge in [-0.15, -0.1) is 0 Å². The van der Waals surface area contributed by atoms with Gasteiger partial charge in [-0.05, 0) is 36.4 Å².